The fraction of sp³-hybridized carbons (Fsp3) is 0.536. The average Bonchev–Trinajstić information content (AvgIpc) is 3.69. The van der Waals surface area contributed by atoms with Gasteiger partial charge in [0.05, 0.1) is 10.3 Å². The SMILES string of the molecule is CCN1CCC2(CN(Cc3cccnc3)CC23CCN(C(=O)c2cccs2)CC3)C1=O.O=C(O)C(F)(F)F.O=C(O)C(F)(F)F. The predicted octanol–water partition coefficient (Wildman–Crippen LogP) is 4.39. The highest BCUT2D eigenvalue weighted by Crippen LogP contribution is 2.58. The van der Waals surface area contributed by atoms with Crippen molar-refractivity contribution in [2.24, 2.45) is 10.8 Å². The van der Waals surface area contributed by atoms with Crippen LogP contribution in [0.2, 0.25) is 0 Å². The smallest absolute Gasteiger partial charge is 0.475 e. The number of carboxylic acids is 2. The van der Waals surface area contributed by atoms with E-state index >= 15 is 0 Å². The number of aliphatic carboxylic acids is 2. The number of carbonyl (C=O) groups excluding carboxylic acids is 2. The summed E-state index contributed by atoms with van der Waals surface area (Å²) >= 11 is 1.51. The molecule has 3 aliphatic rings. The van der Waals surface area contributed by atoms with Crippen molar-refractivity contribution in [1.82, 2.24) is 19.7 Å². The predicted molar refractivity (Wildman–Crippen MR) is 148 cm³/mol. The molecular formula is C28H32F6N4O6S. The summed E-state index contributed by atoms with van der Waals surface area (Å²) < 4.78 is 63.5. The molecule has 2 aromatic rings. The van der Waals surface area contributed by atoms with E-state index in [-0.39, 0.29) is 16.7 Å². The number of piperidine rings is 1. The molecule has 1 atom stereocenters. The lowest BCUT2D eigenvalue weighted by molar-refractivity contribution is -0.193. The Morgan fingerprint density at radius 3 is 1.98 bits per heavy atom. The van der Waals surface area contributed by atoms with Gasteiger partial charge in [-0.05, 0) is 49.3 Å². The molecule has 0 aliphatic carbocycles. The van der Waals surface area contributed by atoms with Crippen molar-refractivity contribution in [3.05, 3.63) is 52.5 Å². The Bertz CT molecular complexity index is 1310. The second-order valence-electron chi connectivity index (χ2n) is 10.9. The fourth-order valence-corrected chi connectivity index (χ4v) is 6.85. The molecule has 5 rings (SSSR count). The number of halogens is 6. The molecule has 0 aromatic carbocycles. The Morgan fingerprint density at radius 2 is 1.53 bits per heavy atom. The number of nitrogens with zero attached hydrogens (tertiary/aromatic N) is 4. The molecule has 1 unspecified atom stereocenters. The third kappa shape index (κ3) is 8.31. The van der Waals surface area contributed by atoms with Crippen LogP contribution in [0.15, 0.2) is 42.0 Å². The van der Waals surface area contributed by atoms with E-state index in [4.69, 9.17) is 19.8 Å². The number of pyridine rings is 1. The number of amides is 2. The number of likely N-dealkylation sites (tertiary alicyclic amines) is 3. The normalized spacial score (nSPS) is 21.3. The molecule has 2 spiro atoms. The quantitative estimate of drug-likeness (QED) is 0.460. The number of fused-ring (bicyclic) bond motifs is 1. The largest absolute Gasteiger partial charge is 0.490 e. The summed E-state index contributed by atoms with van der Waals surface area (Å²) in [6, 6.07) is 7.93. The lowest BCUT2D eigenvalue weighted by Gasteiger charge is -2.47. The monoisotopic (exact) mass is 666 g/mol. The zero-order valence-electron chi connectivity index (χ0n) is 24.1. The van der Waals surface area contributed by atoms with Gasteiger partial charge >= 0.3 is 24.3 Å². The van der Waals surface area contributed by atoms with Crippen LogP contribution in [0.25, 0.3) is 0 Å². The highest BCUT2D eigenvalue weighted by molar-refractivity contribution is 7.12. The lowest BCUT2D eigenvalue weighted by Crippen LogP contribution is -2.53. The minimum absolute atomic E-state index is 0.0531. The third-order valence-corrected chi connectivity index (χ3v) is 9.13. The molecule has 10 nitrogen and oxygen atoms in total. The van der Waals surface area contributed by atoms with Gasteiger partial charge in [-0.3, -0.25) is 19.5 Å². The van der Waals surface area contributed by atoms with Crippen LogP contribution >= 0.6 is 11.3 Å². The summed E-state index contributed by atoms with van der Waals surface area (Å²) in [5.74, 6) is -5.04. The van der Waals surface area contributed by atoms with E-state index in [1.54, 1.807) is 6.20 Å². The van der Waals surface area contributed by atoms with Crippen LogP contribution in [0.1, 0.15) is 41.4 Å². The van der Waals surface area contributed by atoms with Crippen molar-refractivity contribution in [1.29, 1.82) is 0 Å². The fourth-order valence-electron chi connectivity index (χ4n) is 6.15. The first-order chi connectivity index (χ1) is 21.0. The maximum Gasteiger partial charge on any atom is 0.490 e. The highest BCUT2D eigenvalue weighted by Gasteiger charge is 2.65. The van der Waals surface area contributed by atoms with Gasteiger partial charge in [-0.25, -0.2) is 9.59 Å². The molecule has 3 fully saturated rings. The molecule has 2 aromatic heterocycles. The number of alkyl halides is 6. The van der Waals surface area contributed by atoms with E-state index in [1.165, 1.54) is 16.9 Å². The maximum atomic E-state index is 13.6. The Morgan fingerprint density at radius 1 is 0.933 bits per heavy atom. The van der Waals surface area contributed by atoms with Crippen LogP contribution in [0.4, 0.5) is 26.3 Å². The molecule has 45 heavy (non-hydrogen) atoms. The van der Waals surface area contributed by atoms with Crippen LogP contribution < -0.4 is 0 Å². The molecule has 248 valence electrons. The molecule has 17 heteroatoms. The van der Waals surface area contributed by atoms with Gasteiger partial charge in [-0.15, -0.1) is 11.3 Å². The first-order valence-corrected chi connectivity index (χ1v) is 14.7. The van der Waals surface area contributed by atoms with Crippen molar-refractivity contribution in [2.45, 2.75) is 45.1 Å². The molecule has 5 heterocycles. The average molecular weight is 667 g/mol. The number of aromatic nitrogens is 1. The van der Waals surface area contributed by atoms with E-state index in [9.17, 15) is 35.9 Å². The Hall–Kier alpha value is -3.73. The van der Waals surface area contributed by atoms with Gasteiger partial charge in [0.2, 0.25) is 5.91 Å². The molecule has 3 saturated heterocycles. The van der Waals surface area contributed by atoms with Crippen molar-refractivity contribution in [3.63, 3.8) is 0 Å². The number of carboxylic acid groups (broad SMARTS) is 2. The van der Waals surface area contributed by atoms with E-state index in [0.717, 1.165) is 70.0 Å². The first kappa shape index (κ1) is 35.7. The number of hydrogen-bond acceptors (Lipinski definition) is 7. The van der Waals surface area contributed by atoms with Gasteiger partial charge in [0, 0.05) is 63.6 Å². The lowest BCUT2D eigenvalue weighted by atomic mass is 9.60. The van der Waals surface area contributed by atoms with Gasteiger partial charge in [0.1, 0.15) is 0 Å². The molecule has 0 saturated carbocycles. The second-order valence-corrected chi connectivity index (χ2v) is 11.8. The summed E-state index contributed by atoms with van der Waals surface area (Å²) in [7, 11) is 0. The Balaban J connectivity index is 0.000000331. The number of carbonyl (C=O) groups is 4. The van der Waals surface area contributed by atoms with Crippen molar-refractivity contribution < 1.29 is 55.7 Å². The molecule has 2 N–H and O–H groups in total. The minimum atomic E-state index is -5.08. The molecule has 2 amide bonds. The number of hydrogen-bond donors (Lipinski definition) is 2. The standard InChI is InChI=1S/C24H30N4O2S.2C2HF3O2/c1-2-27-13-9-24(22(27)30)18-26(16-19-5-3-10-25-15-19)17-23(24)7-11-28(12-8-23)21(29)20-6-4-14-31-20;2*3-2(4,5)1(6)7/h3-6,10,14-15H,2,7-9,11-13,16-18H2,1H3;2*(H,6,7). The van der Waals surface area contributed by atoms with E-state index in [0.29, 0.717) is 5.91 Å². The summed E-state index contributed by atoms with van der Waals surface area (Å²) in [5, 5.41) is 16.2. The highest BCUT2D eigenvalue weighted by atomic mass is 32.1. The summed E-state index contributed by atoms with van der Waals surface area (Å²) in [6.07, 6.45) is -3.71. The van der Waals surface area contributed by atoms with Crippen LogP contribution in [0.5, 0.6) is 0 Å². The topological polar surface area (TPSA) is 131 Å². The van der Waals surface area contributed by atoms with Crippen molar-refractivity contribution >= 4 is 35.1 Å². The van der Waals surface area contributed by atoms with Gasteiger partial charge in [-0.1, -0.05) is 12.1 Å². The van der Waals surface area contributed by atoms with Crippen LogP contribution in [0, 0.1) is 10.8 Å². The second kappa shape index (κ2) is 14.1. The van der Waals surface area contributed by atoms with Crippen molar-refractivity contribution in [2.75, 3.05) is 39.3 Å². The number of thiophene rings is 1. The van der Waals surface area contributed by atoms with E-state index in [1.807, 2.05) is 39.6 Å². The van der Waals surface area contributed by atoms with E-state index in [2.05, 4.69) is 22.9 Å². The maximum absolute atomic E-state index is 13.6. The summed E-state index contributed by atoms with van der Waals surface area (Å²) in [4.78, 5) is 55.9. The first-order valence-electron chi connectivity index (χ1n) is 13.8. The minimum Gasteiger partial charge on any atom is -0.475 e. The molecule has 0 bridgehead atoms. The zero-order valence-corrected chi connectivity index (χ0v) is 24.9. The molecule has 0 radical (unpaired) electrons. The molecular weight excluding hydrogens is 634 g/mol. The van der Waals surface area contributed by atoms with E-state index < -0.39 is 24.3 Å². The van der Waals surface area contributed by atoms with Gasteiger partial charge in [0.15, 0.2) is 0 Å². The van der Waals surface area contributed by atoms with Crippen LogP contribution in [-0.4, -0.2) is 105 Å². The van der Waals surface area contributed by atoms with Gasteiger partial charge in [0.25, 0.3) is 5.91 Å². The van der Waals surface area contributed by atoms with Crippen LogP contribution in [-0.2, 0) is 20.9 Å². The third-order valence-electron chi connectivity index (χ3n) is 8.28. The summed E-state index contributed by atoms with van der Waals surface area (Å²) in [6.45, 7) is 7.75. The van der Waals surface area contributed by atoms with Crippen LogP contribution in [0.3, 0.4) is 0 Å². The molecule has 3 aliphatic heterocycles. The Labute approximate surface area is 258 Å². The van der Waals surface area contributed by atoms with Gasteiger partial charge < -0.3 is 20.0 Å². The van der Waals surface area contributed by atoms with Crippen molar-refractivity contribution in [3.8, 4) is 0 Å². The zero-order chi connectivity index (χ0) is 33.6. The summed E-state index contributed by atoms with van der Waals surface area (Å²) in [5.41, 5.74) is 0.823. The Kier molecular flexibility index (Phi) is 11.2. The number of rotatable bonds is 4. The van der Waals surface area contributed by atoms with Gasteiger partial charge in [-0.2, -0.15) is 26.3 Å².